The van der Waals surface area contributed by atoms with Gasteiger partial charge in [0.1, 0.15) is 29.0 Å². The fraction of sp³-hybridized carbons (Fsp3) is 0.778. The van der Waals surface area contributed by atoms with E-state index in [9.17, 15) is 28.8 Å². The molecule has 47 heavy (non-hydrogen) atoms. The van der Waals surface area contributed by atoms with Gasteiger partial charge in [0.15, 0.2) is 17.3 Å². The summed E-state index contributed by atoms with van der Waals surface area (Å²) in [5.41, 5.74) is -1.48. The molecule has 0 aliphatic carbocycles. The molecule has 0 amide bonds. The third-order valence-corrected chi connectivity index (χ3v) is 6.45. The van der Waals surface area contributed by atoms with E-state index < -0.39 is 16.8 Å². The number of esters is 3. The van der Waals surface area contributed by atoms with Crippen LogP contribution in [0, 0.1) is 17.8 Å². The van der Waals surface area contributed by atoms with Gasteiger partial charge in [-0.15, -0.1) is 0 Å². The number of Topliss-reactive ketones (excluding diaryl/α,β-unsaturated/α-hetero) is 2. The Balaban J connectivity index is 0.000000676. The number of carbonyl (C=O) groups excluding carboxylic acids is 6. The van der Waals surface area contributed by atoms with Crippen molar-refractivity contribution in [3.8, 4) is 0 Å². The Morgan fingerprint density at radius 2 is 0.830 bits per heavy atom. The molecular formula is C36H60O11. The highest BCUT2D eigenvalue weighted by molar-refractivity contribution is 5.93. The molecule has 2 aliphatic heterocycles. The zero-order chi connectivity index (χ0) is 37.1. The van der Waals surface area contributed by atoms with E-state index in [1.807, 2.05) is 76.2 Å². The van der Waals surface area contributed by atoms with Crippen molar-refractivity contribution in [2.24, 2.45) is 17.8 Å². The monoisotopic (exact) mass is 668 g/mol. The number of ether oxygens (including phenoxy) is 5. The fourth-order valence-electron chi connectivity index (χ4n) is 4.06. The number of ketones is 3. The molecule has 2 saturated heterocycles. The minimum absolute atomic E-state index is 0.00152. The molecule has 7 atom stereocenters. The lowest BCUT2D eigenvalue weighted by atomic mass is 9.99. The molecule has 0 spiro atoms. The number of hydrogen-bond acceptors (Lipinski definition) is 11. The third-order valence-electron chi connectivity index (χ3n) is 6.45. The predicted octanol–water partition coefficient (Wildman–Crippen LogP) is 5.92. The minimum atomic E-state index is -0.497. The zero-order valence-corrected chi connectivity index (χ0v) is 31.3. The Hall–Kier alpha value is -2.92. The Morgan fingerprint density at radius 1 is 0.574 bits per heavy atom. The summed E-state index contributed by atoms with van der Waals surface area (Å²) in [6, 6.07) is 0. The van der Waals surface area contributed by atoms with Crippen LogP contribution < -0.4 is 0 Å². The van der Waals surface area contributed by atoms with Crippen molar-refractivity contribution in [3.05, 3.63) is 12.2 Å². The van der Waals surface area contributed by atoms with Crippen LogP contribution in [0.1, 0.15) is 123 Å². The van der Waals surface area contributed by atoms with E-state index in [0.717, 1.165) is 0 Å². The van der Waals surface area contributed by atoms with Crippen molar-refractivity contribution in [2.45, 2.75) is 164 Å². The van der Waals surface area contributed by atoms with Gasteiger partial charge in [-0.3, -0.25) is 28.8 Å². The van der Waals surface area contributed by atoms with E-state index in [1.54, 1.807) is 33.8 Å². The van der Waals surface area contributed by atoms with Gasteiger partial charge >= 0.3 is 17.9 Å². The first-order chi connectivity index (χ1) is 21.2. The highest BCUT2D eigenvalue weighted by atomic mass is 16.6. The lowest BCUT2D eigenvalue weighted by Crippen LogP contribution is -2.28. The van der Waals surface area contributed by atoms with E-state index in [1.165, 1.54) is 6.08 Å². The lowest BCUT2D eigenvalue weighted by Gasteiger charge is -2.20. The standard InChI is InChI=1S/2C12H20O4.C12H20O3/c2*1-7(10(14)11-8(2)15-11)6-9(13)16-12(3,4)5;1-6-7-10(13)9(2)8-11(14)15-12(3,4)5/h2*7-8,11H,6H2,1-5H3;6-7,9H,8H2,1-5H3/b;;7-6-/t2*7-,8?,11?;9-/m111/s1. The molecule has 0 saturated carbocycles. The number of allylic oxidation sites excluding steroid dienone is 2. The van der Waals surface area contributed by atoms with Crippen molar-refractivity contribution in [3.63, 3.8) is 0 Å². The van der Waals surface area contributed by atoms with Crippen molar-refractivity contribution in [2.75, 3.05) is 0 Å². The molecule has 2 heterocycles. The highest BCUT2D eigenvalue weighted by Gasteiger charge is 2.44. The molecule has 0 N–H and O–H groups in total. The van der Waals surface area contributed by atoms with E-state index in [-0.39, 0.29) is 96.7 Å². The van der Waals surface area contributed by atoms with E-state index in [2.05, 4.69) is 0 Å². The molecule has 11 nitrogen and oxygen atoms in total. The van der Waals surface area contributed by atoms with Crippen LogP contribution in [0.5, 0.6) is 0 Å². The normalized spacial score (nSPS) is 22.2. The Bertz CT molecular complexity index is 1060. The van der Waals surface area contributed by atoms with Gasteiger partial charge in [0, 0.05) is 17.8 Å². The van der Waals surface area contributed by atoms with Crippen LogP contribution in [0.3, 0.4) is 0 Å². The quantitative estimate of drug-likeness (QED) is 0.105. The number of rotatable bonds is 12. The first-order valence-corrected chi connectivity index (χ1v) is 16.4. The van der Waals surface area contributed by atoms with Crippen LogP contribution in [0.2, 0.25) is 0 Å². The molecule has 0 aromatic heterocycles. The van der Waals surface area contributed by atoms with Gasteiger partial charge in [0.25, 0.3) is 0 Å². The van der Waals surface area contributed by atoms with E-state index in [4.69, 9.17) is 23.7 Å². The minimum Gasteiger partial charge on any atom is -0.460 e. The van der Waals surface area contributed by atoms with Crippen LogP contribution in [-0.2, 0) is 52.5 Å². The van der Waals surface area contributed by atoms with Gasteiger partial charge in [-0.1, -0.05) is 26.8 Å². The molecule has 2 aliphatic rings. The number of carbonyl (C=O) groups is 6. The second-order valence-electron chi connectivity index (χ2n) is 15.3. The molecule has 11 heteroatoms. The van der Waals surface area contributed by atoms with Crippen molar-refractivity contribution < 1.29 is 52.5 Å². The Kier molecular flexibility index (Phi) is 17.4. The average molecular weight is 669 g/mol. The van der Waals surface area contributed by atoms with Gasteiger partial charge in [0.05, 0.1) is 31.5 Å². The largest absolute Gasteiger partial charge is 0.460 e. The smallest absolute Gasteiger partial charge is 0.307 e. The van der Waals surface area contributed by atoms with E-state index in [0.29, 0.717) is 0 Å². The van der Waals surface area contributed by atoms with Gasteiger partial charge in [0.2, 0.25) is 0 Å². The molecule has 4 unspecified atom stereocenters. The van der Waals surface area contributed by atoms with Crippen LogP contribution >= 0.6 is 0 Å². The zero-order valence-electron chi connectivity index (χ0n) is 31.3. The van der Waals surface area contributed by atoms with Gasteiger partial charge in [-0.2, -0.15) is 0 Å². The average Bonchev–Trinajstić information content (AvgIpc) is 3.77. The molecule has 0 bridgehead atoms. The molecule has 0 aromatic carbocycles. The van der Waals surface area contributed by atoms with Crippen molar-refractivity contribution >= 4 is 35.3 Å². The summed E-state index contributed by atoms with van der Waals surface area (Å²) in [6.45, 7) is 27.0. The SMILES string of the molecule is C/C=C\C(=O)[C@H](C)CC(=O)OC(C)(C)C.CC1OC1C(=O)[C@H](C)CC(=O)OC(C)(C)C.CC1OC1C(=O)[C@H](C)CC(=O)OC(C)(C)C. The number of epoxide rings is 2. The Morgan fingerprint density at radius 3 is 1.04 bits per heavy atom. The number of hydrogen-bond donors (Lipinski definition) is 0. The van der Waals surface area contributed by atoms with E-state index >= 15 is 0 Å². The molecular weight excluding hydrogens is 608 g/mol. The molecule has 2 rings (SSSR count). The maximum Gasteiger partial charge on any atom is 0.307 e. The van der Waals surface area contributed by atoms with Crippen LogP contribution in [0.25, 0.3) is 0 Å². The van der Waals surface area contributed by atoms with Crippen LogP contribution in [0.15, 0.2) is 12.2 Å². The van der Waals surface area contributed by atoms with Crippen molar-refractivity contribution in [1.29, 1.82) is 0 Å². The molecule has 0 radical (unpaired) electrons. The predicted molar refractivity (Wildman–Crippen MR) is 177 cm³/mol. The maximum atomic E-state index is 11.7. The Labute approximate surface area is 281 Å². The summed E-state index contributed by atoms with van der Waals surface area (Å²) >= 11 is 0. The first kappa shape index (κ1) is 44.1. The first-order valence-electron chi connectivity index (χ1n) is 16.4. The molecule has 2 fully saturated rings. The second kappa shape index (κ2) is 18.6. The summed E-state index contributed by atoms with van der Waals surface area (Å²) in [5, 5.41) is 0. The summed E-state index contributed by atoms with van der Waals surface area (Å²) in [6.07, 6.45) is 2.95. The summed E-state index contributed by atoms with van der Waals surface area (Å²) in [5.74, 6) is -2.00. The van der Waals surface area contributed by atoms with Gasteiger partial charge in [-0.05, 0) is 89.2 Å². The second-order valence-corrected chi connectivity index (χ2v) is 15.3. The van der Waals surface area contributed by atoms with Crippen LogP contribution in [0.4, 0.5) is 0 Å². The third kappa shape index (κ3) is 20.8. The topological polar surface area (TPSA) is 155 Å². The summed E-state index contributed by atoms with van der Waals surface area (Å²) < 4.78 is 25.6. The van der Waals surface area contributed by atoms with Gasteiger partial charge < -0.3 is 23.7 Å². The summed E-state index contributed by atoms with van der Waals surface area (Å²) in [4.78, 5) is 69.1. The molecule has 270 valence electrons. The molecule has 0 aromatic rings. The van der Waals surface area contributed by atoms with Crippen molar-refractivity contribution in [1.82, 2.24) is 0 Å². The lowest BCUT2D eigenvalue weighted by molar-refractivity contribution is -0.157. The highest BCUT2D eigenvalue weighted by Crippen LogP contribution is 2.27. The fourth-order valence-corrected chi connectivity index (χ4v) is 4.06. The maximum absolute atomic E-state index is 11.7. The van der Waals surface area contributed by atoms with Gasteiger partial charge in [-0.25, -0.2) is 0 Å². The van der Waals surface area contributed by atoms with Crippen LogP contribution in [-0.4, -0.2) is 76.5 Å². The summed E-state index contributed by atoms with van der Waals surface area (Å²) in [7, 11) is 0.